The van der Waals surface area contributed by atoms with E-state index in [-0.39, 0.29) is 5.75 Å². The van der Waals surface area contributed by atoms with Gasteiger partial charge in [-0.3, -0.25) is 5.43 Å². The molecule has 0 aliphatic rings. The molecule has 0 heterocycles. The summed E-state index contributed by atoms with van der Waals surface area (Å²) in [6, 6.07) is 11.5. The molecule has 0 unspecified atom stereocenters. The highest BCUT2D eigenvalue weighted by Gasteiger charge is 2.07. The van der Waals surface area contributed by atoms with Crippen molar-refractivity contribution in [3.8, 4) is 11.5 Å². The van der Waals surface area contributed by atoms with Crippen molar-refractivity contribution in [1.29, 1.82) is 0 Å². The van der Waals surface area contributed by atoms with Crippen molar-refractivity contribution in [3.05, 3.63) is 51.1 Å². The number of nitrogens with one attached hydrogen (secondary N) is 1. The van der Waals surface area contributed by atoms with Gasteiger partial charge in [0, 0.05) is 0 Å². The Morgan fingerprint density at radius 3 is 2.80 bits per heavy atom. The number of aryl methyl sites for hydroxylation is 1. The van der Waals surface area contributed by atoms with Crippen LogP contribution in [0.2, 0.25) is 0 Å². The number of phenolic OH excluding ortho intramolecular Hbond substituents is 1. The number of halogens is 1. The summed E-state index contributed by atoms with van der Waals surface area (Å²) >= 11 is 2.05. The first-order valence-corrected chi connectivity index (χ1v) is 7.10. The Morgan fingerprint density at radius 1 is 1.30 bits per heavy atom. The van der Waals surface area contributed by atoms with Gasteiger partial charge in [0.1, 0.15) is 0 Å². The van der Waals surface area contributed by atoms with E-state index in [4.69, 9.17) is 4.74 Å². The normalized spacial score (nSPS) is 10.8. The van der Waals surface area contributed by atoms with Gasteiger partial charge in [0.05, 0.1) is 22.6 Å². The second kappa shape index (κ2) is 6.60. The van der Waals surface area contributed by atoms with Crippen LogP contribution in [0, 0.1) is 10.5 Å². The number of hydrogen-bond donors (Lipinski definition) is 2. The third-order valence-corrected chi connectivity index (χ3v) is 3.52. The van der Waals surface area contributed by atoms with Crippen molar-refractivity contribution in [1.82, 2.24) is 0 Å². The quantitative estimate of drug-likeness (QED) is 0.481. The Hall–Kier alpha value is -1.76. The van der Waals surface area contributed by atoms with Gasteiger partial charge in [-0.2, -0.15) is 5.10 Å². The van der Waals surface area contributed by atoms with Crippen molar-refractivity contribution < 1.29 is 9.84 Å². The van der Waals surface area contributed by atoms with E-state index in [1.807, 2.05) is 37.3 Å². The molecule has 0 bridgehead atoms. The lowest BCUT2D eigenvalue weighted by molar-refractivity contribution is 0.371. The van der Waals surface area contributed by atoms with E-state index >= 15 is 0 Å². The van der Waals surface area contributed by atoms with Crippen molar-refractivity contribution in [2.45, 2.75) is 6.92 Å². The number of rotatable bonds is 4. The highest BCUT2D eigenvalue weighted by Crippen LogP contribution is 2.31. The summed E-state index contributed by atoms with van der Waals surface area (Å²) in [6.45, 7) is 2.03. The van der Waals surface area contributed by atoms with Gasteiger partial charge in [-0.05, 0) is 64.9 Å². The molecule has 2 rings (SSSR count). The topological polar surface area (TPSA) is 53.8 Å². The van der Waals surface area contributed by atoms with Gasteiger partial charge in [0.2, 0.25) is 0 Å². The standard InChI is InChI=1S/C15H15IN2O2/c1-10-4-3-5-12(6-10)18-17-9-11-7-13(16)15(19)14(8-11)20-2/h3-9,18-19H,1-2H3/b17-9+. The molecule has 0 saturated carbocycles. The average molecular weight is 382 g/mol. The van der Waals surface area contributed by atoms with Crippen molar-refractivity contribution in [3.63, 3.8) is 0 Å². The number of hydrazone groups is 1. The highest BCUT2D eigenvalue weighted by atomic mass is 127. The summed E-state index contributed by atoms with van der Waals surface area (Å²) in [6.07, 6.45) is 1.69. The Bertz CT molecular complexity index is 642. The molecule has 2 N–H and O–H groups in total. The van der Waals surface area contributed by atoms with Crippen LogP contribution in [0.4, 0.5) is 5.69 Å². The Morgan fingerprint density at radius 2 is 2.10 bits per heavy atom. The molecule has 0 aliphatic carbocycles. The number of aromatic hydroxyl groups is 1. The molecule has 0 fully saturated rings. The Labute approximate surface area is 131 Å². The van der Waals surface area contributed by atoms with E-state index in [2.05, 4.69) is 33.1 Å². The summed E-state index contributed by atoms with van der Waals surface area (Å²) in [5, 5.41) is 13.9. The third-order valence-electron chi connectivity index (χ3n) is 2.70. The van der Waals surface area contributed by atoms with Crippen LogP contribution in [0.15, 0.2) is 41.5 Å². The highest BCUT2D eigenvalue weighted by molar-refractivity contribution is 14.1. The summed E-state index contributed by atoms with van der Waals surface area (Å²) in [4.78, 5) is 0. The predicted octanol–water partition coefficient (Wildman–Crippen LogP) is 3.76. The summed E-state index contributed by atoms with van der Waals surface area (Å²) in [5.74, 6) is 0.589. The van der Waals surface area contributed by atoms with E-state index in [0.717, 1.165) is 14.8 Å². The molecule has 5 heteroatoms. The van der Waals surface area contributed by atoms with Gasteiger partial charge >= 0.3 is 0 Å². The average Bonchev–Trinajstić information content (AvgIpc) is 2.42. The van der Waals surface area contributed by atoms with Gasteiger partial charge in [0.25, 0.3) is 0 Å². The first kappa shape index (κ1) is 14.6. The lowest BCUT2D eigenvalue weighted by Gasteiger charge is -2.06. The minimum absolute atomic E-state index is 0.150. The molecule has 0 atom stereocenters. The minimum atomic E-state index is 0.150. The zero-order valence-electron chi connectivity index (χ0n) is 11.2. The number of ether oxygens (including phenoxy) is 1. The fraction of sp³-hybridized carbons (Fsp3) is 0.133. The summed E-state index contributed by atoms with van der Waals surface area (Å²) < 4.78 is 5.83. The molecule has 0 radical (unpaired) electrons. The molecular formula is C15H15IN2O2. The lowest BCUT2D eigenvalue weighted by atomic mass is 10.2. The summed E-state index contributed by atoms with van der Waals surface area (Å²) in [7, 11) is 1.52. The second-order valence-electron chi connectivity index (χ2n) is 4.29. The molecule has 4 nitrogen and oxygen atoms in total. The number of methoxy groups -OCH3 is 1. The van der Waals surface area contributed by atoms with Gasteiger partial charge in [-0.15, -0.1) is 0 Å². The molecule has 0 aliphatic heterocycles. The van der Waals surface area contributed by atoms with Gasteiger partial charge < -0.3 is 9.84 Å². The summed E-state index contributed by atoms with van der Waals surface area (Å²) in [5.41, 5.74) is 5.92. The molecule has 0 aromatic heterocycles. The van der Waals surface area contributed by atoms with Crippen LogP contribution < -0.4 is 10.2 Å². The van der Waals surface area contributed by atoms with E-state index < -0.39 is 0 Å². The maximum absolute atomic E-state index is 9.76. The van der Waals surface area contributed by atoms with Crippen LogP contribution >= 0.6 is 22.6 Å². The number of phenols is 1. The van der Waals surface area contributed by atoms with Crippen LogP contribution in [0.5, 0.6) is 11.5 Å². The number of benzene rings is 2. The number of nitrogens with zero attached hydrogens (tertiary/aromatic N) is 1. The smallest absolute Gasteiger partial charge is 0.171 e. The first-order valence-electron chi connectivity index (χ1n) is 6.02. The van der Waals surface area contributed by atoms with E-state index in [1.165, 1.54) is 12.7 Å². The van der Waals surface area contributed by atoms with Gasteiger partial charge in [0.15, 0.2) is 11.5 Å². The largest absolute Gasteiger partial charge is 0.504 e. The Kier molecular flexibility index (Phi) is 4.84. The van der Waals surface area contributed by atoms with Gasteiger partial charge in [-0.25, -0.2) is 0 Å². The van der Waals surface area contributed by atoms with E-state index in [0.29, 0.717) is 5.75 Å². The molecule has 0 amide bonds. The minimum Gasteiger partial charge on any atom is -0.504 e. The van der Waals surface area contributed by atoms with Crippen molar-refractivity contribution >= 4 is 34.5 Å². The van der Waals surface area contributed by atoms with E-state index in [1.54, 1.807) is 12.3 Å². The fourth-order valence-electron chi connectivity index (χ4n) is 1.72. The molecule has 104 valence electrons. The van der Waals surface area contributed by atoms with E-state index in [9.17, 15) is 5.11 Å². The van der Waals surface area contributed by atoms with Crippen LogP contribution in [-0.2, 0) is 0 Å². The number of hydrogen-bond acceptors (Lipinski definition) is 4. The van der Waals surface area contributed by atoms with Crippen LogP contribution in [0.25, 0.3) is 0 Å². The number of anilines is 1. The maximum atomic E-state index is 9.76. The van der Waals surface area contributed by atoms with Crippen molar-refractivity contribution in [2.75, 3.05) is 12.5 Å². The Balaban J connectivity index is 2.14. The van der Waals surface area contributed by atoms with Gasteiger partial charge in [-0.1, -0.05) is 12.1 Å². The van der Waals surface area contributed by atoms with Crippen molar-refractivity contribution in [2.24, 2.45) is 5.10 Å². The zero-order chi connectivity index (χ0) is 14.5. The first-order chi connectivity index (χ1) is 9.60. The van der Waals surface area contributed by atoms with Crippen LogP contribution in [0.3, 0.4) is 0 Å². The SMILES string of the molecule is COc1cc(/C=N/Nc2cccc(C)c2)cc(I)c1O. The monoisotopic (exact) mass is 382 g/mol. The zero-order valence-corrected chi connectivity index (χ0v) is 13.4. The molecular weight excluding hydrogens is 367 g/mol. The maximum Gasteiger partial charge on any atom is 0.171 e. The molecule has 0 saturated heterocycles. The van der Waals surface area contributed by atoms with Crippen LogP contribution in [0.1, 0.15) is 11.1 Å². The molecule has 2 aromatic carbocycles. The third kappa shape index (κ3) is 3.63. The molecule has 20 heavy (non-hydrogen) atoms. The predicted molar refractivity (Wildman–Crippen MR) is 89.8 cm³/mol. The lowest BCUT2D eigenvalue weighted by Crippen LogP contribution is -1.93. The van der Waals surface area contributed by atoms with Crippen LogP contribution in [-0.4, -0.2) is 18.4 Å². The second-order valence-corrected chi connectivity index (χ2v) is 5.46. The molecule has 2 aromatic rings. The fourth-order valence-corrected chi connectivity index (χ4v) is 2.35. The molecule has 0 spiro atoms.